The molecule has 174 valence electrons. The summed E-state index contributed by atoms with van der Waals surface area (Å²) in [5.74, 6) is -1.30. The third-order valence-corrected chi connectivity index (χ3v) is 7.35. The maximum Gasteiger partial charge on any atom is 0.387 e. The molecule has 2 aromatic rings. The number of anilines is 1. The highest BCUT2D eigenvalue weighted by Crippen LogP contribution is 2.60. The zero-order chi connectivity index (χ0) is 23.4. The van der Waals surface area contributed by atoms with Crippen LogP contribution in [0.1, 0.15) is 42.5 Å². The number of benzene rings is 2. The minimum absolute atomic E-state index is 0.126. The number of rotatable bonds is 5. The maximum atomic E-state index is 14.0. The number of halogens is 3. The Hall–Kier alpha value is -3.23. The molecule has 0 atom stereocenters. The summed E-state index contributed by atoms with van der Waals surface area (Å²) in [5, 5.41) is 3.27. The van der Waals surface area contributed by atoms with Gasteiger partial charge in [-0.25, -0.2) is 4.39 Å². The van der Waals surface area contributed by atoms with Gasteiger partial charge in [-0.1, -0.05) is 6.07 Å². The van der Waals surface area contributed by atoms with Crippen molar-refractivity contribution in [1.29, 1.82) is 0 Å². The van der Waals surface area contributed by atoms with Crippen LogP contribution in [-0.4, -0.2) is 42.7 Å². The molecule has 33 heavy (non-hydrogen) atoms. The molecule has 0 saturated heterocycles. The summed E-state index contributed by atoms with van der Waals surface area (Å²) in [6.45, 7) is -2.77. The molecular weight excluding hydrogens is 437 g/mol. The van der Waals surface area contributed by atoms with Crippen molar-refractivity contribution >= 4 is 17.6 Å². The van der Waals surface area contributed by atoms with E-state index in [1.54, 1.807) is 18.2 Å². The quantitative estimate of drug-likeness (QED) is 0.650. The van der Waals surface area contributed by atoms with E-state index in [0.717, 1.165) is 18.9 Å². The number of nitrogens with zero attached hydrogens (tertiary/aromatic N) is 1. The van der Waals surface area contributed by atoms with Gasteiger partial charge in [0, 0.05) is 17.3 Å². The lowest BCUT2D eigenvalue weighted by molar-refractivity contribution is -0.152. The zero-order valence-electron chi connectivity index (χ0n) is 18.0. The van der Waals surface area contributed by atoms with Crippen LogP contribution in [0.4, 0.5) is 18.9 Å². The van der Waals surface area contributed by atoms with E-state index in [2.05, 4.69) is 10.1 Å². The van der Waals surface area contributed by atoms with Gasteiger partial charge in [0.05, 0.1) is 24.8 Å². The topological polar surface area (TPSA) is 67.9 Å². The van der Waals surface area contributed by atoms with E-state index in [1.165, 1.54) is 19.2 Å². The van der Waals surface area contributed by atoms with Gasteiger partial charge in [-0.2, -0.15) is 8.78 Å². The molecule has 1 aliphatic heterocycles. The van der Waals surface area contributed by atoms with Gasteiger partial charge in [0.2, 0.25) is 0 Å². The van der Waals surface area contributed by atoms with E-state index < -0.39 is 17.8 Å². The SMILES string of the molecule is COC(=O)C12CCC(N3CNc4cc(-c5cc(F)cc(OC(F)F)c5)ccc4C3=O)(CC1)C2. The molecule has 3 aliphatic rings. The molecule has 0 spiro atoms. The molecule has 5 rings (SSSR count). The fraction of sp³-hybridized carbons (Fsp3) is 0.417. The molecule has 0 radical (unpaired) electrons. The lowest BCUT2D eigenvalue weighted by Crippen LogP contribution is -2.53. The Kier molecular flexibility index (Phi) is 5.02. The molecule has 1 heterocycles. The zero-order valence-corrected chi connectivity index (χ0v) is 18.0. The lowest BCUT2D eigenvalue weighted by Gasteiger charge is -2.43. The van der Waals surface area contributed by atoms with Crippen LogP contribution in [0.25, 0.3) is 11.1 Å². The number of amides is 1. The van der Waals surface area contributed by atoms with Crippen molar-refractivity contribution in [3.8, 4) is 16.9 Å². The van der Waals surface area contributed by atoms with Crippen LogP contribution in [0.2, 0.25) is 0 Å². The van der Waals surface area contributed by atoms with Crippen LogP contribution in [0.3, 0.4) is 0 Å². The average Bonchev–Trinajstić information content (AvgIpc) is 3.36. The second kappa shape index (κ2) is 7.67. The number of carbonyl (C=O) groups is 2. The molecule has 0 unspecified atom stereocenters. The van der Waals surface area contributed by atoms with E-state index in [0.29, 0.717) is 41.6 Å². The number of methoxy groups -OCH3 is 1. The van der Waals surface area contributed by atoms with Crippen LogP contribution >= 0.6 is 0 Å². The number of nitrogens with one attached hydrogen (secondary N) is 1. The van der Waals surface area contributed by atoms with Crippen molar-refractivity contribution in [3.63, 3.8) is 0 Å². The maximum absolute atomic E-state index is 14.0. The van der Waals surface area contributed by atoms with Gasteiger partial charge in [-0.05, 0) is 67.5 Å². The summed E-state index contributed by atoms with van der Waals surface area (Å²) < 4.78 is 48.4. The van der Waals surface area contributed by atoms with Gasteiger partial charge in [-0.15, -0.1) is 0 Å². The summed E-state index contributed by atoms with van der Waals surface area (Å²) in [5.41, 5.74) is 1.10. The molecule has 2 bridgehead atoms. The minimum Gasteiger partial charge on any atom is -0.469 e. The summed E-state index contributed by atoms with van der Waals surface area (Å²) in [6, 6.07) is 8.45. The Labute approximate surface area is 188 Å². The molecular formula is C24H23F3N2O4. The predicted octanol–water partition coefficient (Wildman–Crippen LogP) is 4.80. The number of carbonyl (C=O) groups excluding carboxylic acids is 2. The van der Waals surface area contributed by atoms with Crippen LogP contribution < -0.4 is 10.1 Å². The van der Waals surface area contributed by atoms with Crippen molar-refractivity contribution in [2.24, 2.45) is 5.41 Å². The van der Waals surface area contributed by atoms with Crippen molar-refractivity contribution in [2.45, 2.75) is 44.3 Å². The van der Waals surface area contributed by atoms with Crippen molar-refractivity contribution < 1.29 is 32.2 Å². The second-order valence-electron chi connectivity index (χ2n) is 9.06. The van der Waals surface area contributed by atoms with E-state index in [-0.39, 0.29) is 29.8 Å². The lowest BCUT2D eigenvalue weighted by atomic mass is 9.84. The summed E-state index contributed by atoms with van der Waals surface area (Å²) in [7, 11) is 1.40. The number of hydrogen-bond acceptors (Lipinski definition) is 5. The highest BCUT2D eigenvalue weighted by atomic mass is 19.3. The summed E-state index contributed by atoms with van der Waals surface area (Å²) in [4.78, 5) is 27.6. The first-order valence-corrected chi connectivity index (χ1v) is 10.8. The first-order chi connectivity index (χ1) is 15.7. The number of fused-ring (bicyclic) bond motifs is 3. The number of ether oxygens (including phenoxy) is 2. The summed E-state index contributed by atoms with van der Waals surface area (Å²) >= 11 is 0. The van der Waals surface area contributed by atoms with Crippen molar-refractivity contribution in [2.75, 3.05) is 19.1 Å². The Morgan fingerprint density at radius 3 is 2.55 bits per heavy atom. The highest BCUT2D eigenvalue weighted by Gasteiger charge is 2.62. The fourth-order valence-corrected chi connectivity index (χ4v) is 5.76. The van der Waals surface area contributed by atoms with Crippen LogP contribution in [0.15, 0.2) is 36.4 Å². The normalized spacial score (nSPS) is 25.7. The molecule has 2 aliphatic carbocycles. The molecule has 9 heteroatoms. The van der Waals surface area contributed by atoms with Crippen molar-refractivity contribution in [3.05, 3.63) is 47.8 Å². The van der Waals surface area contributed by atoms with Gasteiger partial charge in [0.15, 0.2) is 0 Å². The molecule has 0 aromatic heterocycles. The largest absolute Gasteiger partial charge is 0.469 e. The number of hydrogen-bond donors (Lipinski definition) is 1. The molecule has 2 aromatic carbocycles. The van der Waals surface area contributed by atoms with Crippen LogP contribution in [0.5, 0.6) is 5.75 Å². The van der Waals surface area contributed by atoms with Crippen molar-refractivity contribution in [1.82, 2.24) is 4.90 Å². The highest BCUT2D eigenvalue weighted by molar-refractivity contribution is 6.02. The van der Waals surface area contributed by atoms with Gasteiger partial charge in [-0.3, -0.25) is 9.59 Å². The molecule has 1 amide bonds. The van der Waals surface area contributed by atoms with Gasteiger partial charge in [0.25, 0.3) is 5.91 Å². The molecule has 2 fully saturated rings. The third kappa shape index (κ3) is 3.50. The number of alkyl halides is 2. The first-order valence-electron chi connectivity index (χ1n) is 10.8. The average molecular weight is 460 g/mol. The van der Waals surface area contributed by atoms with E-state index in [1.807, 2.05) is 4.90 Å². The minimum atomic E-state index is -3.06. The van der Waals surface area contributed by atoms with E-state index >= 15 is 0 Å². The van der Waals surface area contributed by atoms with Gasteiger partial charge in [0.1, 0.15) is 11.6 Å². The molecule has 6 nitrogen and oxygen atoms in total. The third-order valence-electron chi connectivity index (χ3n) is 7.35. The first kappa shape index (κ1) is 21.6. The van der Waals surface area contributed by atoms with E-state index in [9.17, 15) is 22.8 Å². The van der Waals surface area contributed by atoms with Gasteiger partial charge >= 0.3 is 12.6 Å². The Bertz CT molecular complexity index is 1130. The van der Waals surface area contributed by atoms with Crippen LogP contribution in [0, 0.1) is 11.2 Å². The number of esters is 1. The second-order valence-corrected chi connectivity index (χ2v) is 9.06. The monoisotopic (exact) mass is 460 g/mol. The standard InChI is InChI=1S/C24H23F3N2O4/c1-32-21(31)23-4-6-24(12-23,7-5-23)29-13-28-19-10-14(2-3-18(19)20(29)30)15-8-16(25)11-17(9-15)33-22(26)27/h2-3,8-11,22,28H,4-7,12-13H2,1H3. The molecule has 2 saturated carbocycles. The van der Waals surface area contributed by atoms with Gasteiger partial charge < -0.3 is 19.7 Å². The Morgan fingerprint density at radius 1 is 1.09 bits per heavy atom. The smallest absolute Gasteiger partial charge is 0.387 e. The summed E-state index contributed by atoms with van der Waals surface area (Å²) in [6.07, 6.45) is 3.51. The predicted molar refractivity (Wildman–Crippen MR) is 113 cm³/mol. The molecule has 1 N–H and O–H groups in total. The Morgan fingerprint density at radius 2 is 1.85 bits per heavy atom. The Balaban J connectivity index is 1.41. The fourth-order valence-electron chi connectivity index (χ4n) is 5.76. The van der Waals surface area contributed by atoms with E-state index in [4.69, 9.17) is 4.74 Å². The van der Waals surface area contributed by atoms with Crippen LogP contribution in [-0.2, 0) is 9.53 Å².